The second-order valence-corrected chi connectivity index (χ2v) is 10.1. The summed E-state index contributed by atoms with van der Waals surface area (Å²) in [7, 11) is 0. The zero-order valence-corrected chi connectivity index (χ0v) is 15.1. The number of hydrogen-bond donors (Lipinski definition) is 0. The van der Waals surface area contributed by atoms with Crippen LogP contribution in [0.25, 0.3) is 0 Å². The Hall–Kier alpha value is -0.0800. The maximum atomic E-state index is 6.07. The number of hydrogen-bond acceptors (Lipinski definition) is 2. The molecule has 1 spiro atoms. The van der Waals surface area contributed by atoms with Gasteiger partial charge in [0.1, 0.15) is 0 Å². The van der Waals surface area contributed by atoms with Gasteiger partial charge >= 0.3 is 0 Å². The molecule has 0 aromatic rings. The molecular formula is C21H34O2. The predicted molar refractivity (Wildman–Crippen MR) is 91.0 cm³/mol. The van der Waals surface area contributed by atoms with E-state index in [2.05, 4.69) is 13.8 Å². The van der Waals surface area contributed by atoms with Crippen molar-refractivity contribution in [2.24, 2.45) is 34.5 Å². The van der Waals surface area contributed by atoms with Crippen LogP contribution in [0.15, 0.2) is 0 Å². The zero-order chi connectivity index (χ0) is 15.7. The van der Waals surface area contributed by atoms with Crippen LogP contribution in [-0.2, 0) is 9.47 Å². The van der Waals surface area contributed by atoms with Crippen molar-refractivity contribution in [2.45, 2.75) is 83.8 Å². The Morgan fingerprint density at radius 3 is 2.43 bits per heavy atom. The summed E-state index contributed by atoms with van der Waals surface area (Å²) in [5.41, 5.74) is 1.26. The first kappa shape index (κ1) is 15.2. The van der Waals surface area contributed by atoms with Gasteiger partial charge in [-0.3, -0.25) is 0 Å². The van der Waals surface area contributed by atoms with E-state index in [0.717, 1.165) is 43.3 Å². The molecule has 0 amide bonds. The minimum absolute atomic E-state index is 0.187. The second kappa shape index (κ2) is 4.97. The lowest BCUT2D eigenvalue weighted by Gasteiger charge is -2.61. The lowest BCUT2D eigenvalue weighted by atomic mass is 9.45. The maximum absolute atomic E-state index is 6.07. The molecule has 0 aromatic carbocycles. The molecule has 1 aliphatic heterocycles. The van der Waals surface area contributed by atoms with Crippen molar-refractivity contribution >= 4 is 0 Å². The van der Waals surface area contributed by atoms with E-state index in [4.69, 9.17) is 9.47 Å². The van der Waals surface area contributed by atoms with Gasteiger partial charge < -0.3 is 9.47 Å². The van der Waals surface area contributed by atoms with Gasteiger partial charge in [0.25, 0.3) is 0 Å². The Morgan fingerprint density at radius 1 is 0.783 bits per heavy atom. The Bertz CT molecular complexity index is 482. The SMILES string of the molecule is C[C@@]12CCC[C@@H]1[C@@H]1CC[C@H]3CC4(CC[C@]3(C)[C@H]1CC2)OCCO4. The van der Waals surface area contributed by atoms with Crippen LogP contribution < -0.4 is 0 Å². The summed E-state index contributed by atoms with van der Waals surface area (Å²) in [6.45, 7) is 6.89. The first-order valence-corrected chi connectivity index (χ1v) is 10.3. The van der Waals surface area contributed by atoms with E-state index in [1.54, 1.807) is 0 Å². The van der Waals surface area contributed by atoms with Gasteiger partial charge in [0, 0.05) is 12.8 Å². The normalized spacial score (nSPS) is 54.5. The van der Waals surface area contributed by atoms with E-state index in [1.165, 1.54) is 57.8 Å². The second-order valence-electron chi connectivity index (χ2n) is 10.1. The van der Waals surface area contributed by atoms with Crippen LogP contribution >= 0.6 is 0 Å². The highest BCUT2D eigenvalue weighted by Crippen LogP contribution is 2.67. The van der Waals surface area contributed by atoms with Crippen molar-refractivity contribution in [3.63, 3.8) is 0 Å². The van der Waals surface area contributed by atoms with E-state index < -0.39 is 0 Å². The van der Waals surface area contributed by atoms with Crippen molar-refractivity contribution in [1.82, 2.24) is 0 Å². The zero-order valence-electron chi connectivity index (χ0n) is 15.1. The highest BCUT2D eigenvalue weighted by atomic mass is 16.7. The van der Waals surface area contributed by atoms with Gasteiger partial charge in [0.15, 0.2) is 5.79 Å². The van der Waals surface area contributed by atoms with Gasteiger partial charge in [-0.15, -0.1) is 0 Å². The molecule has 1 heterocycles. The quantitative estimate of drug-likeness (QED) is 0.614. The van der Waals surface area contributed by atoms with Crippen LogP contribution in [0.4, 0.5) is 0 Å². The summed E-state index contributed by atoms with van der Waals surface area (Å²) in [5, 5.41) is 0. The Labute approximate surface area is 141 Å². The molecule has 5 aliphatic rings. The molecule has 130 valence electrons. The highest BCUT2D eigenvalue weighted by Gasteiger charge is 2.60. The summed E-state index contributed by atoms with van der Waals surface area (Å²) >= 11 is 0. The number of fused-ring (bicyclic) bond motifs is 5. The molecule has 4 saturated carbocycles. The molecule has 5 rings (SSSR count). The third-order valence-corrected chi connectivity index (χ3v) is 9.26. The van der Waals surface area contributed by atoms with E-state index in [9.17, 15) is 0 Å². The van der Waals surface area contributed by atoms with Crippen molar-refractivity contribution in [1.29, 1.82) is 0 Å². The Morgan fingerprint density at radius 2 is 1.61 bits per heavy atom. The average molecular weight is 319 g/mol. The number of rotatable bonds is 0. The van der Waals surface area contributed by atoms with Crippen LogP contribution in [0.1, 0.15) is 78.1 Å². The smallest absolute Gasteiger partial charge is 0.168 e. The molecule has 5 fully saturated rings. The highest BCUT2D eigenvalue weighted by molar-refractivity contribution is 5.08. The Balaban J connectivity index is 1.41. The van der Waals surface area contributed by atoms with Crippen LogP contribution in [-0.4, -0.2) is 19.0 Å². The largest absolute Gasteiger partial charge is 0.348 e. The fourth-order valence-corrected chi connectivity index (χ4v) is 7.95. The molecule has 0 bridgehead atoms. The first-order valence-electron chi connectivity index (χ1n) is 10.3. The lowest BCUT2D eigenvalue weighted by Crippen LogP contribution is -2.55. The van der Waals surface area contributed by atoms with E-state index in [0.29, 0.717) is 10.8 Å². The van der Waals surface area contributed by atoms with Gasteiger partial charge in [-0.1, -0.05) is 20.3 Å². The predicted octanol–water partition coefficient (Wildman–Crippen LogP) is 5.16. The molecule has 2 nitrogen and oxygen atoms in total. The summed E-state index contributed by atoms with van der Waals surface area (Å²) < 4.78 is 12.1. The van der Waals surface area contributed by atoms with Crippen LogP contribution in [0.3, 0.4) is 0 Å². The summed E-state index contributed by atoms with van der Waals surface area (Å²) in [6.07, 6.45) is 14.1. The topological polar surface area (TPSA) is 18.5 Å². The van der Waals surface area contributed by atoms with E-state index >= 15 is 0 Å². The molecule has 0 radical (unpaired) electrons. The van der Waals surface area contributed by atoms with Gasteiger partial charge in [0.05, 0.1) is 13.2 Å². The standard InChI is InChI=1S/C21H34O2/c1-19-8-3-4-17(19)16-6-5-15-14-21(22-12-13-23-21)11-10-20(15,2)18(16)7-9-19/h15-18H,3-14H2,1-2H3/t15-,16-,17+,18-,19-,20-/m0/s1. The lowest BCUT2D eigenvalue weighted by molar-refractivity contribution is -0.229. The van der Waals surface area contributed by atoms with Gasteiger partial charge in [-0.25, -0.2) is 0 Å². The van der Waals surface area contributed by atoms with Gasteiger partial charge in [0.2, 0.25) is 0 Å². The minimum Gasteiger partial charge on any atom is -0.348 e. The van der Waals surface area contributed by atoms with Crippen molar-refractivity contribution in [2.75, 3.05) is 13.2 Å². The monoisotopic (exact) mass is 318 g/mol. The fourth-order valence-electron chi connectivity index (χ4n) is 7.95. The molecule has 1 saturated heterocycles. The van der Waals surface area contributed by atoms with Gasteiger partial charge in [-0.05, 0) is 79.4 Å². The van der Waals surface area contributed by atoms with Crippen molar-refractivity contribution < 1.29 is 9.47 Å². The molecular weight excluding hydrogens is 284 g/mol. The fraction of sp³-hybridized carbons (Fsp3) is 1.00. The third-order valence-electron chi connectivity index (χ3n) is 9.26. The average Bonchev–Trinajstić information content (AvgIpc) is 3.15. The van der Waals surface area contributed by atoms with E-state index in [1.807, 2.05) is 0 Å². The summed E-state index contributed by atoms with van der Waals surface area (Å²) in [6, 6.07) is 0. The minimum atomic E-state index is -0.187. The number of ether oxygens (including phenoxy) is 2. The molecule has 0 N–H and O–H groups in total. The van der Waals surface area contributed by atoms with Gasteiger partial charge in [-0.2, -0.15) is 0 Å². The maximum Gasteiger partial charge on any atom is 0.168 e. The molecule has 0 aromatic heterocycles. The van der Waals surface area contributed by atoms with Crippen molar-refractivity contribution in [3.05, 3.63) is 0 Å². The summed E-state index contributed by atoms with van der Waals surface area (Å²) in [5.74, 6) is 3.69. The van der Waals surface area contributed by atoms with Crippen molar-refractivity contribution in [3.8, 4) is 0 Å². The third kappa shape index (κ3) is 2.06. The first-order chi connectivity index (χ1) is 11.0. The molecule has 4 aliphatic carbocycles. The van der Waals surface area contributed by atoms with Crippen LogP contribution in [0.2, 0.25) is 0 Å². The summed E-state index contributed by atoms with van der Waals surface area (Å²) in [4.78, 5) is 0. The molecule has 23 heavy (non-hydrogen) atoms. The van der Waals surface area contributed by atoms with Crippen LogP contribution in [0, 0.1) is 34.5 Å². The molecule has 6 atom stereocenters. The molecule has 2 heteroatoms. The van der Waals surface area contributed by atoms with Crippen LogP contribution in [0.5, 0.6) is 0 Å². The molecule has 0 unspecified atom stereocenters. The van der Waals surface area contributed by atoms with E-state index in [-0.39, 0.29) is 5.79 Å². The Kier molecular flexibility index (Phi) is 3.29.